The van der Waals surface area contributed by atoms with Crippen molar-refractivity contribution in [3.8, 4) is 5.75 Å². The molecule has 0 unspecified atom stereocenters. The molecule has 1 saturated heterocycles. The number of likely N-dealkylation sites (tertiary alicyclic amines) is 1. The molecule has 1 aromatic rings. The molecule has 0 bridgehead atoms. The minimum absolute atomic E-state index is 0.00344. The van der Waals surface area contributed by atoms with Gasteiger partial charge < -0.3 is 4.74 Å². The van der Waals surface area contributed by atoms with Crippen molar-refractivity contribution >= 4 is 39.6 Å². The summed E-state index contributed by atoms with van der Waals surface area (Å²) in [5.41, 5.74) is 4.49. The normalized spacial score (nSPS) is 15.0. The number of carbonyl (C=O) groups excluding carboxylic acids is 4. The third-order valence-corrected chi connectivity index (χ3v) is 4.01. The lowest BCUT2D eigenvalue weighted by Crippen LogP contribution is -2.48. The van der Waals surface area contributed by atoms with E-state index in [-0.39, 0.29) is 37.6 Å². The van der Waals surface area contributed by atoms with Crippen LogP contribution in [0.3, 0.4) is 0 Å². The zero-order chi connectivity index (χ0) is 18.4. The summed E-state index contributed by atoms with van der Waals surface area (Å²) in [5.74, 6) is -1.08. The summed E-state index contributed by atoms with van der Waals surface area (Å²) in [6.07, 6.45) is -0.543. The van der Waals surface area contributed by atoms with E-state index in [1.165, 1.54) is 0 Å². The minimum atomic E-state index is -0.823. The molecule has 1 aliphatic heterocycles. The van der Waals surface area contributed by atoms with Gasteiger partial charge in [-0.05, 0) is 25.1 Å². The van der Waals surface area contributed by atoms with Gasteiger partial charge in [0.05, 0.1) is 0 Å². The van der Waals surface area contributed by atoms with Crippen LogP contribution in [-0.2, 0) is 19.2 Å². The second kappa shape index (κ2) is 8.61. The minimum Gasteiger partial charge on any atom is -0.481 e. The van der Waals surface area contributed by atoms with Crippen LogP contribution in [0, 0.1) is 0 Å². The Morgan fingerprint density at radius 2 is 1.92 bits per heavy atom. The summed E-state index contributed by atoms with van der Waals surface area (Å²) in [4.78, 5) is 47.6. The first-order valence-electron chi connectivity index (χ1n) is 7.71. The van der Waals surface area contributed by atoms with E-state index >= 15 is 0 Å². The molecular formula is C16H18BrN3O5. The molecule has 8 nitrogen and oxygen atoms in total. The number of nitrogens with one attached hydrogen (secondary N) is 2. The smallest absolute Gasteiger partial charge is 0.279 e. The van der Waals surface area contributed by atoms with E-state index in [9.17, 15) is 19.2 Å². The van der Waals surface area contributed by atoms with Gasteiger partial charge in [0.1, 0.15) is 5.75 Å². The van der Waals surface area contributed by atoms with Crippen LogP contribution in [0.4, 0.5) is 0 Å². The highest BCUT2D eigenvalue weighted by Crippen LogP contribution is 2.18. The molecule has 0 spiro atoms. The third kappa shape index (κ3) is 5.56. The Balaban J connectivity index is 1.72. The molecule has 2 N–H and O–H groups in total. The van der Waals surface area contributed by atoms with Crippen LogP contribution in [0.2, 0.25) is 0 Å². The second-order valence-corrected chi connectivity index (χ2v) is 6.36. The largest absolute Gasteiger partial charge is 0.481 e. The molecule has 0 aliphatic carbocycles. The molecule has 1 fully saturated rings. The Hall–Kier alpha value is -2.42. The fourth-order valence-electron chi connectivity index (χ4n) is 2.18. The molecule has 2 rings (SSSR count). The fraction of sp³-hybridized carbons (Fsp3) is 0.375. The van der Waals surface area contributed by atoms with Crippen molar-refractivity contribution in [2.24, 2.45) is 0 Å². The first-order chi connectivity index (χ1) is 11.9. The average Bonchev–Trinajstić information content (AvgIpc) is 2.89. The van der Waals surface area contributed by atoms with Gasteiger partial charge >= 0.3 is 0 Å². The Morgan fingerprint density at radius 1 is 1.24 bits per heavy atom. The maximum Gasteiger partial charge on any atom is 0.279 e. The quantitative estimate of drug-likeness (QED) is 0.534. The third-order valence-electron chi connectivity index (χ3n) is 3.52. The van der Waals surface area contributed by atoms with Crippen LogP contribution in [-0.4, -0.2) is 41.2 Å². The Morgan fingerprint density at radius 3 is 2.56 bits per heavy atom. The maximum absolute atomic E-state index is 11.9. The second-order valence-electron chi connectivity index (χ2n) is 5.44. The van der Waals surface area contributed by atoms with Crippen LogP contribution in [0.5, 0.6) is 5.75 Å². The van der Waals surface area contributed by atoms with Gasteiger partial charge in [0.25, 0.3) is 5.91 Å². The molecule has 4 amide bonds. The number of ether oxygens (including phenoxy) is 1. The lowest BCUT2D eigenvalue weighted by molar-refractivity contribution is -0.139. The number of imide groups is 1. The first kappa shape index (κ1) is 18.9. The number of amides is 4. The van der Waals surface area contributed by atoms with Crippen LogP contribution in [0.15, 0.2) is 28.7 Å². The highest BCUT2D eigenvalue weighted by atomic mass is 79.9. The van der Waals surface area contributed by atoms with Crippen molar-refractivity contribution in [1.29, 1.82) is 0 Å². The highest BCUT2D eigenvalue weighted by Gasteiger charge is 2.28. The molecule has 1 aromatic carbocycles. The number of hydrazine groups is 1. The lowest BCUT2D eigenvalue weighted by Gasteiger charge is -2.16. The van der Waals surface area contributed by atoms with Gasteiger partial charge in [0.15, 0.2) is 6.10 Å². The molecule has 9 heteroatoms. The Labute approximate surface area is 153 Å². The standard InChI is InChI=1S/C16H18BrN3O5/c1-10(25-12-4-2-3-11(17)9-12)16(24)19-18-13(21)7-8-20-14(22)5-6-15(20)23/h2-4,9-10H,5-8H2,1H3,(H,18,21)(H,19,24)/t10-/m0/s1. The number of benzene rings is 1. The van der Waals surface area contributed by atoms with Crippen molar-refractivity contribution < 1.29 is 23.9 Å². The van der Waals surface area contributed by atoms with Crippen LogP contribution in [0.1, 0.15) is 26.2 Å². The number of nitrogens with zero attached hydrogens (tertiary/aromatic N) is 1. The van der Waals surface area contributed by atoms with E-state index in [1.54, 1.807) is 25.1 Å². The Bertz CT molecular complexity index is 678. The zero-order valence-electron chi connectivity index (χ0n) is 13.6. The SMILES string of the molecule is C[C@H](Oc1cccc(Br)c1)C(=O)NNC(=O)CCN1C(=O)CCC1=O. The molecule has 1 atom stereocenters. The van der Waals surface area contributed by atoms with Crippen LogP contribution >= 0.6 is 15.9 Å². The summed E-state index contributed by atoms with van der Waals surface area (Å²) in [6, 6.07) is 7.02. The topological polar surface area (TPSA) is 105 Å². The summed E-state index contributed by atoms with van der Waals surface area (Å²) in [5, 5.41) is 0. The van der Waals surface area contributed by atoms with E-state index in [2.05, 4.69) is 26.8 Å². The molecule has 0 radical (unpaired) electrons. The average molecular weight is 412 g/mol. The number of hydrogen-bond donors (Lipinski definition) is 2. The van der Waals surface area contributed by atoms with Crippen molar-refractivity contribution in [3.63, 3.8) is 0 Å². The molecule has 25 heavy (non-hydrogen) atoms. The van der Waals surface area contributed by atoms with E-state index in [4.69, 9.17) is 4.74 Å². The van der Waals surface area contributed by atoms with Crippen molar-refractivity contribution in [2.75, 3.05) is 6.54 Å². The van der Waals surface area contributed by atoms with Gasteiger partial charge in [-0.25, -0.2) is 0 Å². The molecule has 134 valence electrons. The fourth-order valence-corrected chi connectivity index (χ4v) is 2.56. The van der Waals surface area contributed by atoms with Crippen LogP contribution < -0.4 is 15.6 Å². The predicted molar refractivity (Wildman–Crippen MR) is 91.1 cm³/mol. The predicted octanol–water partition coefficient (Wildman–Crippen LogP) is 0.903. The Kier molecular flexibility index (Phi) is 6.51. The monoisotopic (exact) mass is 411 g/mol. The molecule has 1 aliphatic rings. The summed E-state index contributed by atoms with van der Waals surface area (Å²) < 4.78 is 6.28. The summed E-state index contributed by atoms with van der Waals surface area (Å²) >= 11 is 3.30. The van der Waals surface area contributed by atoms with Crippen LogP contribution in [0.25, 0.3) is 0 Å². The number of halogens is 1. The number of hydrogen-bond acceptors (Lipinski definition) is 5. The van der Waals surface area contributed by atoms with Gasteiger partial charge in [-0.1, -0.05) is 22.0 Å². The molecular weight excluding hydrogens is 394 g/mol. The van der Waals surface area contributed by atoms with Crippen molar-refractivity contribution in [3.05, 3.63) is 28.7 Å². The molecule has 1 heterocycles. The summed E-state index contributed by atoms with van der Waals surface area (Å²) in [6.45, 7) is 1.55. The lowest BCUT2D eigenvalue weighted by atomic mass is 10.3. The van der Waals surface area contributed by atoms with Crippen molar-refractivity contribution in [1.82, 2.24) is 15.8 Å². The summed E-state index contributed by atoms with van der Waals surface area (Å²) in [7, 11) is 0. The van der Waals surface area contributed by atoms with E-state index in [1.807, 2.05) is 6.07 Å². The first-order valence-corrected chi connectivity index (χ1v) is 8.50. The molecule has 0 aromatic heterocycles. The van der Waals surface area contributed by atoms with Gasteiger partial charge in [-0.15, -0.1) is 0 Å². The van der Waals surface area contributed by atoms with Gasteiger partial charge in [-0.3, -0.25) is 34.9 Å². The van der Waals surface area contributed by atoms with Gasteiger partial charge in [-0.2, -0.15) is 0 Å². The zero-order valence-corrected chi connectivity index (χ0v) is 15.2. The number of rotatable bonds is 6. The highest BCUT2D eigenvalue weighted by molar-refractivity contribution is 9.10. The number of carbonyl (C=O) groups is 4. The van der Waals surface area contributed by atoms with Gasteiger partial charge in [0.2, 0.25) is 17.7 Å². The van der Waals surface area contributed by atoms with Gasteiger partial charge in [0, 0.05) is 30.3 Å². The van der Waals surface area contributed by atoms with E-state index < -0.39 is 17.9 Å². The maximum atomic E-state index is 11.9. The molecule has 0 saturated carbocycles. The van der Waals surface area contributed by atoms with E-state index in [0.717, 1.165) is 9.37 Å². The van der Waals surface area contributed by atoms with Crippen molar-refractivity contribution in [2.45, 2.75) is 32.3 Å². The van der Waals surface area contributed by atoms with E-state index in [0.29, 0.717) is 5.75 Å².